The van der Waals surface area contributed by atoms with E-state index in [-0.39, 0.29) is 11.9 Å². The molecule has 1 aromatic carbocycles. The van der Waals surface area contributed by atoms with Crippen LogP contribution in [-0.2, 0) is 4.79 Å². The summed E-state index contributed by atoms with van der Waals surface area (Å²) in [6, 6.07) is 7.67. The molecule has 1 aliphatic rings. The fraction of sp³-hybridized carbons (Fsp3) is 0.286. The van der Waals surface area contributed by atoms with Gasteiger partial charge in [-0.3, -0.25) is 9.69 Å². The summed E-state index contributed by atoms with van der Waals surface area (Å²) < 4.78 is 5.73. The number of benzene rings is 1. The van der Waals surface area contributed by atoms with E-state index in [1.54, 1.807) is 12.0 Å². The lowest BCUT2D eigenvalue weighted by atomic mass is 10.2. The standard InChI is InChI=1S/C14H15NO2S2/c1-9(2)15-13(16)12(19-14(15)18)8-10-4-6-11(17-3)7-5-10/h4-9H,1-3H3/b12-8-. The molecule has 1 aromatic rings. The first-order valence-corrected chi connectivity index (χ1v) is 7.16. The number of methoxy groups -OCH3 is 1. The smallest absolute Gasteiger partial charge is 0.266 e. The third-order valence-electron chi connectivity index (χ3n) is 2.75. The van der Waals surface area contributed by atoms with Crippen molar-refractivity contribution >= 4 is 40.3 Å². The molecular formula is C14H15NO2S2. The summed E-state index contributed by atoms with van der Waals surface area (Å²) in [7, 11) is 1.63. The molecule has 2 rings (SSSR count). The number of amides is 1. The minimum Gasteiger partial charge on any atom is -0.497 e. The molecule has 0 saturated carbocycles. The summed E-state index contributed by atoms with van der Waals surface area (Å²) >= 11 is 6.59. The Morgan fingerprint density at radius 1 is 1.32 bits per heavy atom. The largest absolute Gasteiger partial charge is 0.497 e. The van der Waals surface area contributed by atoms with Crippen molar-refractivity contribution in [1.29, 1.82) is 0 Å². The van der Waals surface area contributed by atoms with E-state index in [1.807, 2.05) is 44.2 Å². The lowest BCUT2D eigenvalue weighted by Gasteiger charge is -2.18. The van der Waals surface area contributed by atoms with Crippen molar-refractivity contribution < 1.29 is 9.53 Å². The van der Waals surface area contributed by atoms with Gasteiger partial charge in [-0.2, -0.15) is 0 Å². The SMILES string of the molecule is COc1ccc(/C=C2\SC(=S)N(C(C)C)C2=O)cc1. The summed E-state index contributed by atoms with van der Waals surface area (Å²) in [5, 5.41) is 0. The third-order valence-corrected chi connectivity index (χ3v) is 4.08. The van der Waals surface area contributed by atoms with Crippen molar-refractivity contribution in [2.75, 3.05) is 7.11 Å². The van der Waals surface area contributed by atoms with Gasteiger partial charge in [-0.1, -0.05) is 36.1 Å². The minimum absolute atomic E-state index is 0.0131. The van der Waals surface area contributed by atoms with Crippen LogP contribution in [0.4, 0.5) is 0 Å². The molecule has 1 heterocycles. The van der Waals surface area contributed by atoms with E-state index >= 15 is 0 Å². The topological polar surface area (TPSA) is 29.5 Å². The molecule has 0 unspecified atom stereocenters. The maximum atomic E-state index is 12.2. The molecule has 0 atom stereocenters. The highest BCUT2D eigenvalue weighted by Crippen LogP contribution is 2.33. The zero-order valence-electron chi connectivity index (χ0n) is 11.0. The lowest BCUT2D eigenvalue weighted by Crippen LogP contribution is -2.34. The van der Waals surface area contributed by atoms with Gasteiger partial charge in [0.1, 0.15) is 10.1 Å². The molecule has 5 heteroatoms. The molecule has 0 aromatic heterocycles. The van der Waals surface area contributed by atoms with Gasteiger partial charge in [0.15, 0.2) is 0 Å². The van der Waals surface area contributed by atoms with Crippen LogP contribution in [0.2, 0.25) is 0 Å². The summed E-state index contributed by atoms with van der Waals surface area (Å²) in [6.45, 7) is 3.92. The molecule has 3 nitrogen and oxygen atoms in total. The van der Waals surface area contributed by atoms with Crippen LogP contribution < -0.4 is 4.74 Å². The summed E-state index contributed by atoms with van der Waals surface area (Å²) in [6.07, 6.45) is 1.86. The van der Waals surface area contributed by atoms with Crippen molar-refractivity contribution in [3.05, 3.63) is 34.7 Å². The fourth-order valence-corrected chi connectivity index (χ4v) is 3.30. The van der Waals surface area contributed by atoms with Crippen LogP contribution in [0.1, 0.15) is 19.4 Å². The molecule has 0 radical (unpaired) electrons. The fourth-order valence-electron chi connectivity index (χ4n) is 1.78. The number of hydrogen-bond acceptors (Lipinski definition) is 4. The number of rotatable bonds is 3. The molecule has 0 bridgehead atoms. The molecule has 0 spiro atoms. The normalized spacial score (nSPS) is 17.7. The van der Waals surface area contributed by atoms with Crippen molar-refractivity contribution in [2.24, 2.45) is 0 Å². The van der Waals surface area contributed by atoms with Crippen LogP contribution in [-0.4, -0.2) is 28.3 Å². The molecule has 0 aliphatic carbocycles. The second kappa shape index (κ2) is 5.75. The maximum Gasteiger partial charge on any atom is 0.266 e. The second-order valence-electron chi connectivity index (χ2n) is 4.42. The first kappa shape index (κ1) is 14.1. The van der Waals surface area contributed by atoms with Gasteiger partial charge < -0.3 is 4.74 Å². The average molecular weight is 293 g/mol. The molecule has 0 N–H and O–H groups in total. The van der Waals surface area contributed by atoms with Gasteiger partial charge in [-0.25, -0.2) is 0 Å². The Morgan fingerprint density at radius 3 is 2.42 bits per heavy atom. The highest BCUT2D eigenvalue weighted by atomic mass is 32.2. The van der Waals surface area contributed by atoms with Crippen molar-refractivity contribution in [3.8, 4) is 5.75 Å². The average Bonchev–Trinajstić information content (AvgIpc) is 2.65. The molecule has 1 fully saturated rings. The Hall–Kier alpha value is -1.33. The van der Waals surface area contributed by atoms with E-state index in [0.717, 1.165) is 11.3 Å². The van der Waals surface area contributed by atoms with E-state index in [0.29, 0.717) is 9.23 Å². The predicted molar refractivity (Wildman–Crippen MR) is 83.1 cm³/mol. The molecule has 19 heavy (non-hydrogen) atoms. The molecule has 1 saturated heterocycles. The van der Waals surface area contributed by atoms with Crippen molar-refractivity contribution in [2.45, 2.75) is 19.9 Å². The molecule has 1 aliphatic heterocycles. The quantitative estimate of drug-likeness (QED) is 0.632. The zero-order valence-corrected chi connectivity index (χ0v) is 12.7. The summed E-state index contributed by atoms with van der Waals surface area (Å²) in [5.74, 6) is 0.785. The first-order valence-electron chi connectivity index (χ1n) is 5.94. The van der Waals surface area contributed by atoms with E-state index in [1.165, 1.54) is 11.8 Å². The van der Waals surface area contributed by atoms with Crippen molar-refractivity contribution in [1.82, 2.24) is 4.90 Å². The molecule has 1 amide bonds. The summed E-state index contributed by atoms with van der Waals surface area (Å²) in [5.41, 5.74) is 0.963. The van der Waals surface area contributed by atoms with Gasteiger partial charge in [0.05, 0.1) is 12.0 Å². The Kier molecular flexibility index (Phi) is 4.27. The van der Waals surface area contributed by atoms with Crippen molar-refractivity contribution in [3.63, 3.8) is 0 Å². The van der Waals surface area contributed by atoms with Gasteiger partial charge >= 0.3 is 0 Å². The molecule has 100 valence electrons. The van der Waals surface area contributed by atoms with Gasteiger partial charge in [-0.05, 0) is 37.6 Å². The number of ether oxygens (including phenoxy) is 1. The maximum absolute atomic E-state index is 12.2. The van der Waals surface area contributed by atoms with Gasteiger partial charge in [0.2, 0.25) is 0 Å². The Labute approximate surface area is 122 Å². The van der Waals surface area contributed by atoms with Crippen LogP contribution in [0.15, 0.2) is 29.2 Å². The van der Waals surface area contributed by atoms with E-state index in [2.05, 4.69) is 0 Å². The number of carbonyl (C=O) groups excluding carboxylic acids is 1. The van der Waals surface area contributed by atoms with Crippen LogP contribution >= 0.6 is 24.0 Å². The highest BCUT2D eigenvalue weighted by Gasteiger charge is 2.33. The monoisotopic (exact) mass is 293 g/mol. The Balaban J connectivity index is 2.24. The first-order chi connectivity index (χ1) is 9.02. The second-order valence-corrected chi connectivity index (χ2v) is 6.09. The van der Waals surface area contributed by atoms with Gasteiger partial charge in [0, 0.05) is 6.04 Å². The third kappa shape index (κ3) is 2.98. The lowest BCUT2D eigenvalue weighted by molar-refractivity contribution is -0.123. The van der Waals surface area contributed by atoms with Crippen LogP contribution in [0.3, 0.4) is 0 Å². The van der Waals surface area contributed by atoms with Crippen LogP contribution in [0, 0.1) is 0 Å². The number of carbonyl (C=O) groups is 1. The number of nitrogens with zero attached hydrogens (tertiary/aromatic N) is 1. The van der Waals surface area contributed by atoms with E-state index in [4.69, 9.17) is 17.0 Å². The van der Waals surface area contributed by atoms with Gasteiger partial charge in [-0.15, -0.1) is 0 Å². The highest BCUT2D eigenvalue weighted by molar-refractivity contribution is 8.26. The van der Waals surface area contributed by atoms with Crippen LogP contribution in [0.25, 0.3) is 6.08 Å². The van der Waals surface area contributed by atoms with Gasteiger partial charge in [0.25, 0.3) is 5.91 Å². The minimum atomic E-state index is -0.0131. The zero-order chi connectivity index (χ0) is 14.0. The predicted octanol–water partition coefficient (Wildman–Crippen LogP) is 3.30. The van der Waals surface area contributed by atoms with Crippen LogP contribution in [0.5, 0.6) is 5.75 Å². The summed E-state index contributed by atoms with van der Waals surface area (Å²) in [4.78, 5) is 14.5. The number of hydrogen-bond donors (Lipinski definition) is 0. The van der Waals surface area contributed by atoms with E-state index in [9.17, 15) is 4.79 Å². The Bertz CT molecular complexity index is 535. The van der Waals surface area contributed by atoms with E-state index < -0.39 is 0 Å². The number of thiocarbonyl (C=S) groups is 1. The Morgan fingerprint density at radius 2 is 1.95 bits per heavy atom. The molecular weight excluding hydrogens is 278 g/mol. The number of thioether (sulfide) groups is 1.